The van der Waals surface area contributed by atoms with Crippen LogP contribution in [0.25, 0.3) is 0 Å². The third-order valence-electron chi connectivity index (χ3n) is 4.45. The maximum atomic E-state index is 12.5. The molecule has 1 saturated carbocycles. The highest BCUT2D eigenvalue weighted by atomic mass is 16.5. The minimum atomic E-state index is -0.737. The van der Waals surface area contributed by atoms with Gasteiger partial charge in [-0.15, -0.1) is 0 Å². The predicted octanol–water partition coefficient (Wildman–Crippen LogP) is 2.54. The molecular weight excluding hydrogens is 280 g/mol. The highest BCUT2D eigenvalue weighted by molar-refractivity contribution is 5.86. The van der Waals surface area contributed by atoms with E-state index in [1.165, 1.54) is 0 Å². The van der Waals surface area contributed by atoms with Crippen molar-refractivity contribution in [2.24, 2.45) is 5.73 Å². The zero-order valence-corrected chi connectivity index (χ0v) is 13.6. The summed E-state index contributed by atoms with van der Waals surface area (Å²) in [6.45, 7) is 1.93. The Kier molecular flexibility index (Phi) is 5.29. The highest BCUT2D eigenvalue weighted by Gasteiger charge is 2.36. The lowest BCUT2D eigenvalue weighted by molar-refractivity contribution is -0.128. The van der Waals surface area contributed by atoms with Gasteiger partial charge in [0.1, 0.15) is 11.5 Å². The SMILES string of the molecule is COc1ccc(OC)c(C(C)NC(=O)C2(N)CCCCC2)c1. The fraction of sp³-hybridized carbons (Fsp3) is 0.588. The summed E-state index contributed by atoms with van der Waals surface area (Å²) in [5.41, 5.74) is 6.43. The van der Waals surface area contributed by atoms with E-state index in [9.17, 15) is 4.79 Å². The van der Waals surface area contributed by atoms with Crippen molar-refractivity contribution in [3.8, 4) is 11.5 Å². The Bertz CT molecular complexity index is 525. The second-order valence-electron chi connectivity index (χ2n) is 6.02. The van der Waals surface area contributed by atoms with Gasteiger partial charge in [0.15, 0.2) is 0 Å². The summed E-state index contributed by atoms with van der Waals surface area (Å²) < 4.78 is 10.6. The van der Waals surface area contributed by atoms with Crippen LogP contribution in [-0.2, 0) is 4.79 Å². The first kappa shape index (κ1) is 16.6. The number of nitrogens with one attached hydrogen (secondary N) is 1. The summed E-state index contributed by atoms with van der Waals surface area (Å²) in [6.07, 6.45) is 4.69. The van der Waals surface area contributed by atoms with Gasteiger partial charge in [-0.3, -0.25) is 4.79 Å². The Labute approximate surface area is 132 Å². The number of benzene rings is 1. The quantitative estimate of drug-likeness (QED) is 0.877. The number of hydrogen-bond acceptors (Lipinski definition) is 4. The maximum absolute atomic E-state index is 12.5. The van der Waals surface area contributed by atoms with Crippen LogP contribution in [0.1, 0.15) is 50.6 Å². The van der Waals surface area contributed by atoms with Gasteiger partial charge in [0, 0.05) is 5.56 Å². The van der Waals surface area contributed by atoms with Crippen LogP contribution in [0.2, 0.25) is 0 Å². The number of carbonyl (C=O) groups is 1. The van der Waals surface area contributed by atoms with E-state index in [-0.39, 0.29) is 11.9 Å². The summed E-state index contributed by atoms with van der Waals surface area (Å²) in [4.78, 5) is 12.5. The van der Waals surface area contributed by atoms with Crippen molar-refractivity contribution in [1.29, 1.82) is 0 Å². The fourth-order valence-corrected chi connectivity index (χ4v) is 3.01. The topological polar surface area (TPSA) is 73.6 Å². The van der Waals surface area contributed by atoms with E-state index < -0.39 is 5.54 Å². The van der Waals surface area contributed by atoms with Crippen LogP contribution in [0.3, 0.4) is 0 Å². The lowest BCUT2D eigenvalue weighted by atomic mass is 9.81. The molecule has 3 N–H and O–H groups in total. The van der Waals surface area contributed by atoms with Gasteiger partial charge >= 0.3 is 0 Å². The molecule has 5 nitrogen and oxygen atoms in total. The number of ether oxygens (including phenoxy) is 2. The minimum absolute atomic E-state index is 0.0791. The number of hydrogen-bond donors (Lipinski definition) is 2. The van der Waals surface area contributed by atoms with Gasteiger partial charge in [-0.25, -0.2) is 0 Å². The summed E-state index contributed by atoms with van der Waals surface area (Å²) >= 11 is 0. The first-order valence-corrected chi connectivity index (χ1v) is 7.82. The standard InChI is InChI=1S/C17H26N2O3/c1-12(14-11-13(21-2)7-8-15(14)22-3)19-16(20)17(18)9-5-4-6-10-17/h7-8,11-12H,4-6,9-10,18H2,1-3H3,(H,19,20). The van der Waals surface area contributed by atoms with Crippen molar-refractivity contribution < 1.29 is 14.3 Å². The molecular formula is C17H26N2O3. The van der Waals surface area contributed by atoms with Crippen molar-refractivity contribution in [3.63, 3.8) is 0 Å². The third-order valence-corrected chi connectivity index (χ3v) is 4.45. The molecule has 0 bridgehead atoms. The normalized spacial score (nSPS) is 18.4. The molecule has 22 heavy (non-hydrogen) atoms. The largest absolute Gasteiger partial charge is 0.497 e. The molecule has 1 amide bonds. The average molecular weight is 306 g/mol. The van der Waals surface area contributed by atoms with Gasteiger partial charge < -0.3 is 20.5 Å². The number of carbonyl (C=O) groups excluding carboxylic acids is 1. The van der Waals surface area contributed by atoms with Gasteiger partial charge in [-0.2, -0.15) is 0 Å². The highest BCUT2D eigenvalue weighted by Crippen LogP contribution is 2.31. The minimum Gasteiger partial charge on any atom is -0.497 e. The second kappa shape index (κ2) is 7.01. The van der Waals surface area contributed by atoms with Crippen molar-refractivity contribution in [1.82, 2.24) is 5.32 Å². The molecule has 1 atom stereocenters. The Hall–Kier alpha value is -1.75. The molecule has 0 saturated heterocycles. The predicted molar refractivity (Wildman–Crippen MR) is 86.1 cm³/mol. The second-order valence-corrected chi connectivity index (χ2v) is 6.02. The van der Waals surface area contributed by atoms with Crippen LogP contribution in [-0.4, -0.2) is 25.7 Å². The monoisotopic (exact) mass is 306 g/mol. The molecule has 1 fully saturated rings. The number of amides is 1. The van der Waals surface area contributed by atoms with Crippen molar-refractivity contribution >= 4 is 5.91 Å². The molecule has 0 aromatic heterocycles. The molecule has 1 aromatic rings. The molecule has 1 aliphatic rings. The summed E-state index contributed by atoms with van der Waals surface area (Å²) in [5, 5.41) is 3.03. The van der Waals surface area contributed by atoms with Gasteiger partial charge in [-0.05, 0) is 38.0 Å². The molecule has 122 valence electrons. The summed E-state index contributed by atoms with van der Waals surface area (Å²) in [5.74, 6) is 1.38. The van der Waals surface area contributed by atoms with Gasteiger partial charge in [-0.1, -0.05) is 19.3 Å². The van der Waals surface area contributed by atoms with E-state index in [0.29, 0.717) is 0 Å². The van der Waals surface area contributed by atoms with Crippen LogP contribution < -0.4 is 20.5 Å². The molecule has 0 radical (unpaired) electrons. The lowest BCUT2D eigenvalue weighted by Gasteiger charge is -2.33. The molecule has 0 spiro atoms. The Morgan fingerprint density at radius 3 is 2.50 bits per heavy atom. The molecule has 1 aliphatic carbocycles. The Morgan fingerprint density at radius 1 is 1.23 bits per heavy atom. The average Bonchev–Trinajstić information content (AvgIpc) is 2.54. The van der Waals surface area contributed by atoms with Crippen LogP contribution in [0, 0.1) is 0 Å². The van der Waals surface area contributed by atoms with Crippen LogP contribution in [0.4, 0.5) is 0 Å². The van der Waals surface area contributed by atoms with Crippen molar-refractivity contribution in [2.75, 3.05) is 14.2 Å². The van der Waals surface area contributed by atoms with Crippen LogP contribution in [0.15, 0.2) is 18.2 Å². The van der Waals surface area contributed by atoms with Crippen LogP contribution in [0.5, 0.6) is 11.5 Å². The number of nitrogens with two attached hydrogens (primary N) is 1. The Balaban J connectivity index is 2.14. The molecule has 2 rings (SSSR count). The van der Waals surface area contributed by atoms with E-state index in [1.54, 1.807) is 14.2 Å². The first-order valence-electron chi connectivity index (χ1n) is 7.82. The zero-order valence-electron chi connectivity index (χ0n) is 13.6. The lowest BCUT2D eigenvalue weighted by Crippen LogP contribution is -2.55. The zero-order chi connectivity index (χ0) is 16.2. The summed E-state index contributed by atoms with van der Waals surface area (Å²) in [7, 11) is 3.23. The molecule has 1 unspecified atom stereocenters. The van der Waals surface area contributed by atoms with E-state index in [2.05, 4.69) is 5.32 Å². The van der Waals surface area contributed by atoms with E-state index in [0.717, 1.165) is 49.2 Å². The van der Waals surface area contributed by atoms with E-state index >= 15 is 0 Å². The van der Waals surface area contributed by atoms with Gasteiger partial charge in [0.05, 0.1) is 25.8 Å². The van der Waals surface area contributed by atoms with Crippen molar-refractivity contribution in [3.05, 3.63) is 23.8 Å². The van der Waals surface area contributed by atoms with Gasteiger partial charge in [0.2, 0.25) is 5.91 Å². The number of rotatable bonds is 5. The molecule has 5 heteroatoms. The van der Waals surface area contributed by atoms with E-state index in [4.69, 9.17) is 15.2 Å². The first-order chi connectivity index (χ1) is 10.5. The fourth-order valence-electron chi connectivity index (χ4n) is 3.01. The maximum Gasteiger partial charge on any atom is 0.240 e. The molecule has 0 heterocycles. The smallest absolute Gasteiger partial charge is 0.240 e. The van der Waals surface area contributed by atoms with Gasteiger partial charge in [0.25, 0.3) is 0 Å². The Morgan fingerprint density at radius 2 is 1.91 bits per heavy atom. The molecule has 1 aromatic carbocycles. The summed E-state index contributed by atoms with van der Waals surface area (Å²) in [6, 6.07) is 5.37. The van der Waals surface area contributed by atoms with E-state index in [1.807, 2.05) is 25.1 Å². The molecule has 0 aliphatic heterocycles. The third kappa shape index (κ3) is 3.53. The van der Waals surface area contributed by atoms with Crippen molar-refractivity contribution in [2.45, 2.75) is 50.6 Å². The van der Waals surface area contributed by atoms with Crippen LogP contribution >= 0.6 is 0 Å². The number of methoxy groups -OCH3 is 2.